The van der Waals surface area contributed by atoms with Crippen molar-refractivity contribution in [3.63, 3.8) is 0 Å². The quantitative estimate of drug-likeness (QED) is 0.920. The number of hydrogen-bond acceptors (Lipinski definition) is 3. The van der Waals surface area contributed by atoms with Crippen molar-refractivity contribution >= 4 is 15.9 Å². The van der Waals surface area contributed by atoms with Crippen molar-refractivity contribution in [1.29, 1.82) is 0 Å². The predicted octanol–water partition coefficient (Wildman–Crippen LogP) is 1.95. The highest BCUT2D eigenvalue weighted by atomic mass is 79.9. The molecule has 100 valence electrons. The SMILES string of the molecule is OCCN1CCCN(Cc2ccccc2Br)CC1. The molecule has 0 aromatic heterocycles. The molecule has 1 fully saturated rings. The van der Waals surface area contributed by atoms with Crippen LogP contribution in [0.25, 0.3) is 0 Å². The first-order valence-electron chi connectivity index (χ1n) is 6.58. The zero-order valence-corrected chi connectivity index (χ0v) is 12.3. The number of halogens is 1. The van der Waals surface area contributed by atoms with Gasteiger partial charge in [0.05, 0.1) is 6.61 Å². The van der Waals surface area contributed by atoms with Gasteiger partial charge in [0.1, 0.15) is 0 Å². The third kappa shape index (κ3) is 4.05. The summed E-state index contributed by atoms with van der Waals surface area (Å²) in [4.78, 5) is 4.84. The minimum Gasteiger partial charge on any atom is -0.395 e. The molecule has 0 spiro atoms. The first-order valence-corrected chi connectivity index (χ1v) is 7.38. The average molecular weight is 313 g/mol. The fourth-order valence-electron chi connectivity index (χ4n) is 2.42. The number of nitrogens with zero attached hydrogens (tertiary/aromatic N) is 2. The third-order valence-corrected chi connectivity index (χ3v) is 4.22. The highest BCUT2D eigenvalue weighted by Gasteiger charge is 2.15. The van der Waals surface area contributed by atoms with Crippen LogP contribution in [0.3, 0.4) is 0 Å². The third-order valence-electron chi connectivity index (χ3n) is 3.45. The Morgan fingerprint density at radius 3 is 2.56 bits per heavy atom. The van der Waals surface area contributed by atoms with E-state index in [4.69, 9.17) is 5.11 Å². The van der Waals surface area contributed by atoms with Crippen molar-refractivity contribution in [3.05, 3.63) is 34.3 Å². The van der Waals surface area contributed by atoms with Gasteiger partial charge in [0, 0.05) is 30.7 Å². The highest BCUT2D eigenvalue weighted by molar-refractivity contribution is 9.10. The molecular weight excluding hydrogens is 292 g/mol. The van der Waals surface area contributed by atoms with E-state index < -0.39 is 0 Å². The smallest absolute Gasteiger partial charge is 0.0558 e. The molecule has 1 N–H and O–H groups in total. The second-order valence-corrected chi connectivity index (χ2v) is 5.64. The molecule has 0 radical (unpaired) electrons. The Hall–Kier alpha value is -0.420. The molecule has 1 saturated heterocycles. The van der Waals surface area contributed by atoms with E-state index in [-0.39, 0.29) is 6.61 Å². The van der Waals surface area contributed by atoms with Crippen LogP contribution >= 0.6 is 15.9 Å². The molecule has 0 saturated carbocycles. The number of aliphatic hydroxyl groups excluding tert-OH is 1. The van der Waals surface area contributed by atoms with Gasteiger partial charge < -0.3 is 5.11 Å². The Morgan fingerprint density at radius 1 is 1.06 bits per heavy atom. The molecule has 4 heteroatoms. The fourth-order valence-corrected chi connectivity index (χ4v) is 2.83. The predicted molar refractivity (Wildman–Crippen MR) is 77.6 cm³/mol. The normalized spacial score (nSPS) is 18.8. The van der Waals surface area contributed by atoms with Gasteiger partial charge in [0.2, 0.25) is 0 Å². The van der Waals surface area contributed by atoms with E-state index in [1.807, 2.05) is 0 Å². The van der Waals surface area contributed by atoms with E-state index in [2.05, 4.69) is 50.0 Å². The molecule has 0 amide bonds. The second kappa shape index (κ2) is 7.24. The van der Waals surface area contributed by atoms with E-state index in [0.717, 1.165) is 39.3 Å². The molecule has 3 nitrogen and oxygen atoms in total. The van der Waals surface area contributed by atoms with Crippen LogP contribution in [0.1, 0.15) is 12.0 Å². The van der Waals surface area contributed by atoms with Gasteiger partial charge in [0.25, 0.3) is 0 Å². The van der Waals surface area contributed by atoms with E-state index in [1.165, 1.54) is 16.5 Å². The lowest BCUT2D eigenvalue weighted by Gasteiger charge is -2.21. The fraction of sp³-hybridized carbons (Fsp3) is 0.571. The molecule has 0 aliphatic carbocycles. The van der Waals surface area contributed by atoms with Crippen LogP contribution in [0.5, 0.6) is 0 Å². The summed E-state index contributed by atoms with van der Waals surface area (Å²) in [6, 6.07) is 8.43. The van der Waals surface area contributed by atoms with Gasteiger partial charge in [-0.15, -0.1) is 0 Å². The zero-order chi connectivity index (χ0) is 12.8. The van der Waals surface area contributed by atoms with Crippen molar-refractivity contribution in [3.8, 4) is 0 Å². The minimum atomic E-state index is 0.268. The molecule has 1 heterocycles. The lowest BCUT2D eigenvalue weighted by Crippen LogP contribution is -2.32. The minimum absolute atomic E-state index is 0.268. The summed E-state index contributed by atoms with van der Waals surface area (Å²) in [6.07, 6.45) is 1.18. The van der Waals surface area contributed by atoms with Gasteiger partial charge in [-0.25, -0.2) is 0 Å². The maximum absolute atomic E-state index is 8.99. The average Bonchev–Trinajstić information content (AvgIpc) is 2.59. The molecule has 1 aromatic carbocycles. The molecule has 18 heavy (non-hydrogen) atoms. The van der Waals surface area contributed by atoms with Crippen molar-refractivity contribution in [2.45, 2.75) is 13.0 Å². The van der Waals surface area contributed by atoms with E-state index >= 15 is 0 Å². The van der Waals surface area contributed by atoms with Gasteiger partial charge in [-0.2, -0.15) is 0 Å². The van der Waals surface area contributed by atoms with Crippen LogP contribution in [0.4, 0.5) is 0 Å². The Labute approximate surface area is 118 Å². The van der Waals surface area contributed by atoms with Gasteiger partial charge in [0.15, 0.2) is 0 Å². The van der Waals surface area contributed by atoms with E-state index in [0.29, 0.717) is 0 Å². The first kappa shape index (κ1) is 14.0. The van der Waals surface area contributed by atoms with Crippen LogP contribution in [-0.2, 0) is 6.54 Å². The largest absolute Gasteiger partial charge is 0.395 e. The van der Waals surface area contributed by atoms with Crippen molar-refractivity contribution in [2.75, 3.05) is 39.3 Å². The highest BCUT2D eigenvalue weighted by Crippen LogP contribution is 2.18. The van der Waals surface area contributed by atoms with Crippen molar-refractivity contribution < 1.29 is 5.11 Å². The van der Waals surface area contributed by atoms with E-state index in [9.17, 15) is 0 Å². The molecule has 0 atom stereocenters. The van der Waals surface area contributed by atoms with Crippen molar-refractivity contribution in [1.82, 2.24) is 9.80 Å². The summed E-state index contributed by atoms with van der Waals surface area (Å²) in [5, 5.41) is 8.99. The first-order chi connectivity index (χ1) is 8.79. The lowest BCUT2D eigenvalue weighted by molar-refractivity contribution is 0.196. The Kier molecular flexibility index (Phi) is 5.63. The van der Waals surface area contributed by atoms with Crippen molar-refractivity contribution in [2.24, 2.45) is 0 Å². The number of benzene rings is 1. The summed E-state index contributed by atoms with van der Waals surface area (Å²) in [5.41, 5.74) is 1.35. The number of rotatable bonds is 4. The zero-order valence-electron chi connectivity index (χ0n) is 10.7. The van der Waals surface area contributed by atoms with Gasteiger partial charge in [-0.1, -0.05) is 34.1 Å². The molecule has 2 rings (SSSR count). The van der Waals surface area contributed by atoms with Gasteiger partial charge >= 0.3 is 0 Å². The molecule has 1 aliphatic rings. The summed E-state index contributed by atoms with van der Waals surface area (Å²) < 4.78 is 1.20. The van der Waals surface area contributed by atoms with Crippen LogP contribution in [0, 0.1) is 0 Å². The van der Waals surface area contributed by atoms with Crippen LogP contribution < -0.4 is 0 Å². The number of aliphatic hydroxyl groups is 1. The monoisotopic (exact) mass is 312 g/mol. The van der Waals surface area contributed by atoms with Crippen LogP contribution in [0.15, 0.2) is 28.7 Å². The molecule has 0 unspecified atom stereocenters. The molecule has 1 aliphatic heterocycles. The maximum atomic E-state index is 8.99. The molecule has 0 bridgehead atoms. The summed E-state index contributed by atoms with van der Waals surface area (Å²) >= 11 is 3.61. The molecular formula is C14H21BrN2O. The Morgan fingerprint density at radius 2 is 1.78 bits per heavy atom. The number of hydrogen-bond donors (Lipinski definition) is 1. The van der Waals surface area contributed by atoms with Crippen LogP contribution in [-0.4, -0.2) is 54.2 Å². The Balaban J connectivity index is 1.89. The second-order valence-electron chi connectivity index (χ2n) is 4.79. The molecule has 1 aromatic rings. The topological polar surface area (TPSA) is 26.7 Å². The standard InChI is InChI=1S/C14H21BrN2O/c15-14-5-2-1-4-13(14)12-17-7-3-6-16(8-9-17)10-11-18/h1-2,4-5,18H,3,6-12H2. The van der Waals surface area contributed by atoms with Crippen LogP contribution in [0.2, 0.25) is 0 Å². The Bertz CT molecular complexity index is 373. The summed E-state index contributed by atoms with van der Waals surface area (Å²) in [5.74, 6) is 0. The van der Waals surface area contributed by atoms with Gasteiger partial charge in [-0.3, -0.25) is 9.80 Å². The maximum Gasteiger partial charge on any atom is 0.0558 e. The summed E-state index contributed by atoms with van der Waals surface area (Å²) in [7, 11) is 0. The van der Waals surface area contributed by atoms with E-state index in [1.54, 1.807) is 0 Å². The lowest BCUT2D eigenvalue weighted by atomic mass is 10.2. The number of β-amino-alcohol motifs (C(OH)–C–C–N with tert-alkyl or cyclic N) is 1. The van der Waals surface area contributed by atoms with Gasteiger partial charge in [-0.05, 0) is 31.1 Å². The summed E-state index contributed by atoms with van der Waals surface area (Å²) in [6.45, 7) is 6.48.